The Morgan fingerprint density at radius 3 is 1.62 bits per heavy atom. The van der Waals surface area contributed by atoms with E-state index in [0.29, 0.717) is 42.0 Å². The summed E-state index contributed by atoms with van der Waals surface area (Å²) >= 11 is 0. The van der Waals surface area contributed by atoms with E-state index in [0.717, 1.165) is 77.0 Å². The summed E-state index contributed by atoms with van der Waals surface area (Å²) in [5.41, 5.74) is 6.85. The third kappa shape index (κ3) is 30.0. The first-order chi connectivity index (χ1) is 35.7. The number of anilines is 4. The number of carbonyl (C=O) groups is 6. The SMILES string of the molecule is CCCCCCCCC=CCCCCCCCC(=O)Nc1cccc(N(C(=O)CCNC(=O)C(OC(C)=O)C(C)(C)COC(C)=O)C(CCCCCCC=CCCCCCCCC)C(=O)Nc2cccc(N)c2)c1. The number of nitrogens with zero attached hydrogens (tertiary/aromatic N) is 1. The van der Waals surface area contributed by atoms with Gasteiger partial charge in [0.15, 0.2) is 6.10 Å². The number of carbonyl (C=O) groups excluding carboxylic acids is 6. The molecule has 0 aliphatic carbocycles. The number of nitrogens with two attached hydrogens (primary N) is 1. The molecule has 0 aliphatic rings. The van der Waals surface area contributed by atoms with Crippen molar-refractivity contribution in [1.29, 1.82) is 0 Å². The molecule has 0 saturated heterocycles. The minimum absolute atomic E-state index is 0.132. The van der Waals surface area contributed by atoms with Crippen molar-refractivity contribution in [3.8, 4) is 0 Å². The molecule has 0 bridgehead atoms. The zero-order valence-corrected chi connectivity index (χ0v) is 46.6. The Balaban J connectivity index is 2.24. The van der Waals surface area contributed by atoms with Gasteiger partial charge in [0.1, 0.15) is 12.6 Å². The molecule has 0 aliphatic heterocycles. The number of benzene rings is 2. The topological polar surface area (TPSA) is 186 Å². The quantitative estimate of drug-likeness (QED) is 0.0217. The fourth-order valence-electron chi connectivity index (χ4n) is 8.87. The first-order valence-electron chi connectivity index (χ1n) is 28.4. The number of amides is 4. The van der Waals surface area contributed by atoms with E-state index in [9.17, 15) is 28.8 Å². The van der Waals surface area contributed by atoms with Gasteiger partial charge in [-0.1, -0.05) is 167 Å². The van der Waals surface area contributed by atoms with Gasteiger partial charge in [0.05, 0.1) is 0 Å². The smallest absolute Gasteiger partial charge is 0.303 e. The maximum Gasteiger partial charge on any atom is 0.303 e. The number of hydrogen-bond acceptors (Lipinski definition) is 9. The van der Waals surface area contributed by atoms with Gasteiger partial charge in [-0.25, -0.2) is 0 Å². The molecule has 2 unspecified atom stereocenters. The van der Waals surface area contributed by atoms with E-state index in [1.54, 1.807) is 62.4 Å². The van der Waals surface area contributed by atoms with Crippen molar-refractivity contribution in [2.75, 3.05) is 34.4 Å². The van der Waals surface area contributed by atoms with Crippen LogP contribution in [0.3, 0.4) is 0 Å². The summed E-state index contributed by atoms with van der Waals surface area (Å²) in [4.78, 5) is 81.3. The van der Waals surface area contributed by atoms with Crippen LogP contribution in [0.25, 0.3) is 0 Å². The molecule has 0 radical (unpaired) electrons. The van der Waals surface area contributed by atoms with Crippen LogP contribution in [0.4, 0.5) is 22.7 Å². The predicted octanol–water partition coefficient (Wildman–Crippen LogP) is 14.3. The summed E-state index contributed by atoms with van der Waals surface area (Å²) in [5.74, 6) is -2.90. The average molecular weight is 1030 g/mol. The number of esters is 2. The minimum Gasteiger partial charge on any atom is -0.465 e. The maximum atomic E-state index is 14.7. The van der Waals surface area contributed by atoms with Crippen LogP contribution in [0.15, 0.2) is 72.8 Å². The molecule has 13 heteroatoms. The zero-order valence-electron chi connectivity index (χ0n) is 46.6. The van der Waals surface area contributed by atoms with Crippen LogP contribution in [0.1, 0.15) is 221 Å². The molecule has 0 saturated carbocycles. The molecular formula is C61H97N5O8. The van der Waals surface area contributed by atoms with Crippen LogP contribution >= 0.6 is 0 Å². The van der Waals surface area contributed by atoms with Crippen molar-refractivity contribution in [1.82, 2.24) is 5.32 Å². The highest BCUT2D eigenvalue weighted by Gasteiger charge is 2.39. The molecule has 0 fully saturated rings. The molecule has 4 amide bonds. The van der Waals surface area contributed by atoms with Crippen LogP contribution < -0.4 is 26.6 Å². The van der Waals surface area contributed by atoms with Crippen molar-refractivity contribution in [3.05, 3.63) is 72.8 Å². The Kier molecular flexibility index (Phi) is 34.9. The average Bonchev–Trinajstić information content (AvgIpc) is 3.35. The highest BCUT2D eigenvalue weighted by molar-refractivity contribution is 6.05. The molecule has 5 N–H and O–H groups in total. The Morgan fingerprint density at radius 2 is 1.09 bits per heavy atom. The van der Waals surface area contributed by atoms with Gasteiger partial charge < -0.3 is 31.2 Å². The number of hydrogen-bond donors (Lipinski definition) is 4. The molecule has 0 aromatic heterocycles. The number of nitrogen functional groups attached to an aromatic ring is 1. The number of ether oxygens (including phenoxy) is 2. The van der Waals surface area contributed by atoms with Gasteiger partial charge in [-0.05, 0) is 101 Å². The van der Waals surface area contributed by atoms with Crippen molar-refractivity contribution in [2.24, 2.45) is 5.41 Å². The Labute approximate surface area is 446 Å². The number of unbranched alkanes of at least 4 members (excludes halogenated alkanes) is 21. The molecular weight excluding hydrogens is 931 g/mol. The summed E-state index contributed by atoms with van der Waals surface area (Å²) in [7, 11) is 0. The number of nitrogens with one attached hydrogen (secondary N) is 3. The van der Waals surface area contributed by atoms with Gasteiger partial charge in [-0.2, -0.15) is 0 Å². The monoisotopic (exact) mass is 1030 g/mol. The van der Waals surface area contributed by atoms with Crippen LogP contribution in [0, 0.1) is 5.41 Å². The summed E-state index contributed by atoms with van der Waals surface area (Å²) < 4.78 is 10.6. The Hall–Kier alpha value is -5.46. The lowest BCUT2D eigenvalue weighted by Crippen LogP contribution is -2.50. The van der Waals surface area contributed by atoms with E-state index in [1.165, 1.54) is 95.8 Å². The maximum absolute atomic E-state index is 14.7. The van der Waals surface area contributed by atoms with Crippen LogP contribution in [-0.4, -0.2) is 60.9 Å². The third-order valence-corrected chi connectivity index (χ3v) is 13.1. The molecule has 13 nitrogen and oxygen atoms in total. The summed E-state index contributed by atoms with van der Waals surface area (Å²) in [6.07, 6.45) is 36.8. The van der Waals surface area contributed by atoms with Crippen LogP contribution in [-0.2, 0) is 38.2 Å². The van der Waals surface area contributed by atoms with Crippen molar-refractivity contribution in [3.63, 3.8) is 0 Å². The summed E-state index contributed by atoms with van der Waals surface area (Å²) in [5, 5.41) is 8.75. The molecule has 2 atom stereocenters. The van der Waals surface area contributed by atoms with Gasteiger partial charge in [0.2, 0.25) is 17.7 Å². The lowest BCUT2D eigenvalue weighted by molar-refractivity contribution is -0.166. The highest BCUT2D eigenvalue weighted by Crippen LogP contribution is 2.28. The van der Waals surface area contributed by atoms with E-state index >= 15 is 0 Å². The van der Waals surface area contributed by atoms with Gasteiger partial charge in [-0.3, -0.25) is 33.7 Å². The van der Waals surface area contributed by atoms with E-state index in [1.807, 2.05) is 0 Å². The van der Waals surface area contributed by atoms with Crippen molar-refractivity contribution < 1.29 is 38.2 Å². The molecule has 2 aromatic rings. The van der Waals surface area contributed by atoms with Crippen molar-refractivity contribution in [2.45, 2.75) is 233 Å². The largest absolute Gasteiger partial charge is 0.465 e. The van der Waals surface area contributed by atoms with Gasteiger partial charge in [0.25, 0.3) is 5.91 Å². The first-order valence-corrected chi connectivity index (χ1v) is 28.4. The van der Waals surface area contributed by atoms with E-state index in [4.69, 9.17) is 15.2 Å². The fourth-order valence-corrected chi connectivity index (χ4v) is 8.87. The van der Waals surface area contributed by atoms with E-state index in [2.05, 4.69) is 54.1 Å². The lowest BCUT2D eigenvalue weighted by atomic mass is 9.86. The second-order valence-electron chi connectivity index (χ2n) is 20.6. The molecule has 2 aromatic carbocycles. The molecule has 2 rings (SSSR count). The summed E-state index contributed by atoms with van der Waals surface area (Å²) in [6.45, 7) is 9.84. The second kappa shape index (κ2) is 39.9. The highest BCUT2D eigenvalue weighted by atomic mass is 16.6. The van der Waals surface area contributed by atoms with Gasteiger partial charge in [-0.15, -0.1) is 0 Å². The predicted molar refractivity (Wildman–Crippen MR) is 304 cm³/mol. The number of rotatable bonds is 42. The fraction of sp³-hybridized carbons (Fsp3) is 0.639. The minimum atomic E-state index is -1.33. The third-order valence-electron chi connectivity index (χ3n) is 13.1. The molecule has 74 heavy (non-hydrogen) atoms. The van der Waals surface area contributed by atoms with Gasteiger partial charge >= 0.3 is 11.9 Å². The van der Waals surface area contributed by atoms with E-state index in [-0.39, 0.29) is 25.5 Å². The van der Waals surface area contributed by atoms with Crippen LogP contribution in [0.2, 0.25) is 0 Å². The van der Waals surface area contributed by atoms with Crippen LogP contribution in [0.5, 0.6) is 0 Å². The molecule has 414 valence electrons. The molecule has 0 heterocycles. The first kappa shape index (κ1) is 64.7. The van der Waals surface area contributed by atoms with Gasteiger partial charge in [0, 0.05) is 61.4 Å². The second-order valence-corrected chi connectivity index (χ2v) is 20.6. The lowest BCUT2D eigenvalue weighted by Gasteiger charge is -2.33. The number of allylic oxidation sites excluding steroid dienone is 4. The Bertz CT molecular complexity index is 1980. The molecule has 0 spiro atoms. The van der Waals surface area contributed by atoms with E-state index < -0.39 is 47.2 Å². The normalized spacial score (nSPS) is 12.4. The zero-order chi connectivity index (χ0) is 54.2. The summed E-state index contributed by atoms with van der Waals surface area (Å²) in [6, 6.07) is 12.8. The van der Waals surface area contributed by atoms with Crippen molar-refractivity contribution >= 4 is 58.3 Å². The Morgan fingerprint density at radius 1 is 0.595 bits per heavy atom. The standard InChI is InChI=1S/C61H97N5O8/c1-7-9-11-13-15-17-19-21-23-25-27-29-31-33-35-43-56(69)64-53-40-37-41-54(47-53)66(57(70)44-45-63-60(72)58(74-50(4)68)61(5,6)48-73-49(3)67)55(59(71)65-52-39-36-38-51(62)46-52)42-34-32-30-28-26-24-22-20-18-16-14-12-10-8-2/h21-24,36-41,46-47,55,58H,7-20,25-35,42-45,48,62H2,1-6H3,(H,63,72)(H,64,69)(H,65,71).